The number of carbonyl (C=O) groups excluding carboxylic acids is 1. The lowest BCUT2D eigenvalue weighted by molar-refractivity contribution is -0.119. The van der Waals surface area contributed by atoms with Crippen LogP contribution in [0.3, 0.4) is 0 Å². The molecule has 146 valence electrons. The molecule has 2 aromatic rings. The maximum absolute atomic E-state index is 12.8. The van der Waals surface area contributed by atoms with Gasteiger partial charge in [0.05, 0.1) is 13.7 Å². The molecule has 0 aliphatic carbocycles. The third-order valence-corrected chi connectivity index (χ3v) is 5.56. The smallest absolute Gasteiger partial charge is 0.244 e. The molecule has 0 saturated heterocycles. The summed E-state index contributed by atoms with van der Waals surface area (Å²) in [6.07, 6.45) is 0.518. The molecule has 6 nitrogen and oxygen atoms in total. The van der Waals surface area contributed by atoms with Gasteiger partial charge in [0.1, 0.15) is 16.5 Å². The largest absolute Gasteiger partial charge is 0.495 e. The zero-order valence-electron chi connectivity index (χ0n) is 15.5. The van der Waals surface area contributed by atoms with Crippen LogP contribution in [0, 0.1) is 19.7 Å². The minimum Gasteiger partial charge on any atom is -0.495 e. The maximum atomic E-state index is 12.8. The van der Waals surface area contributed by atoms with Crippen molar-refractivity contribution in [2.45, 2.75) is 25.2 Å². The minimum absolute atomic E-state index is 0.00721. The normalized spacial score (nSPS) is 11.3. The first-order valence-corrected chi connectivity index (χ1v) is 9.87. The molecule has 0 heterocycles. The Morgan fingerprint density at radius 3 is 2.37 bits per heavy atom. The molecule has 0 bridgehead atoms. The first-order valence-electron chi connectivity index (χ1n) is 8.39. The number of sulfonamides is 1. The predicted molar refractivity (Wildman–Crippen MR) is 101 cm³/mol. The van der Waals surface area contributed by atoms with Crippen LogP contribution in [0.1, 0.15) is 16.7 Å². The van der Waals surface area contributed by atoms with Crippen molar-refractivity contribution in [3.05, 3.63) is 58.9 Å². The molecule has 1 amide bonds. The molecule has 0 aromatic heterocycles. The van der Waals surface area contributed by atoms with Crippen LogP contribution in [-0.2, 0) is 21.2 Å². The van der Waals surface area contributed by atoms with Crippen LogP contribution < -0.4 is 14.8 Å². The molecular weight excluding hydrogens is 371 g/mol. The van der Waals surface area contributed by atoms with Gasteiger partial charge in [0.15, 0.2) is 0 Å². The Morgan fingerprint density at radius 1 is 1.11 bits per heavy atom. The molecule has 0 unspecified atom stereocenters. The number of ether oxygens (including phenoxy) is 1. The molecule has 2 N–H and O–H groups in total. The second kappa shape index (κ2) is 8.96. The minimum atomic E-state index is -3.90. The third kappa shape index (κ3) is 5.77. The van der Waals surface area contributed by atoms with Crippen molar-refractivity contribution in [3.8, 4) is 5.75 Å². The van der Waals surface area contributed by atoms with Gasteiger partial charge in [-0.25, -0.2) is 17.5 Å². The summed E-state index contributed by atoms with van der Waals surface area (Å²) in [6, 6.07) is 9.13. The zero-order valence-corrected chi connectivity index (χ0v) is 16.3. The summed E-state index contributed by atoms with van der Waals surface area (Å²) in [5.74, 6) is -0.551. The Kier molecular flexibility index (Phi) is 6.92. The van der Waals surface area contributed by atoms with E-state index in [0.717, 1.165) is 16.7 Å². The van der Waals surface area contributed by atoms with Crippen molar-refractivity contribution in [1.82, 2.24) is 10.0 Å². The number of hydrogen-bond donors (Lipinski definition) is 2. The Labute approximate surface area is 158 Å². The summed E-state index contributed by atoms with van der Waals surface area (Å²) < 4.78 is 45.3. The van der Waals surface area contributed by atoms with E-state index in [-0.39, 0.29) is 23.0 Å². The van der Waals surface area contributed by atoms with E-state index in [0.29, 0.717) is 13.0 Å². The van der Waals surface area contributed by atoms with Crippen molar-refractivity contribution in [1.29, 1.82) is 0 Å². The highest BCUT2D eigenvalue weighted by Crippen LogP contribution is 2.27. The summed E-state index contributed by atoms with van der Waals surface area (Å²) in [6.45, 7) is 3.59. The lowest BCUT2D eigenvalue weighted by atomic mass is 10.1. The lowest BCUT2D eigenvalue weighted by Gasteiger charge is -2.13. The highest BCUT2D eigenvalue weighted by Gasteiger charge is 2.21. The topological polar surface area (TPSA) is 84.5 Å². The van der Waals surface area contributed by atoms with E-state index in [1.807, 2.05) is 6.92 Å². The highest BCUT2D eigenvalue weighted by atomic mass is 32.2. The number of nitrogens with one attached hydrogen (secondary N) is 2. The molecule has 0 saturated carbocycles. The van der Waals surface area contributed by atoms with Crippen LogP contribution in [0.4, 0.5) is 4.39 Å². The van der Waals surface area contributed by atoms with Gasteiger partial charge in [0.25, 0.3) is 0 Å². The maximum Gasteiger partial charge on any atom is 0.244 e. The van der Waals surface area contributed by atoms with Crippen LogP contribution in [0.15, 0.2) is 41.3 Å². The average Bonchev–Trinajstić information content (AvgIpc) is 2.63. The van der Waals surface area contributed by atoms with Gasteiger partial charge in [0, 0.05) is 6.54 Å². The van der Waals surface area contributed by atoms with E-state index in [2.05, 4.69) is 10.0 Å². The van der Waals surface area contributed by atoms with Gasteiger partial charge in [-0.15, -0.1) is 0 Å². The number of benzene rings is 2. The van der Waals surface area contributed by atoms with Gasteiger partial charge in [-0.05, 0) is 61.2 Å². The van der Waals surface area contributed by atoms with Crippen molar-refractivity contribution in [2.75, 3.05) is 20.2 Å². The first-order chi connectivity index (χ1) is 12.7. The fourth-order valence-corrected chi connectivity index (χ4v) is 3.65. The van der Waals surface area contributed by atoms with Gasteiger partial charge in [-0.3, -0.25) is 4.79 Å². The summed E-state index contributed by atoms with van der Waals surface area (Å²) in [4.78, 5) is 11.9. The Bertz CT molecular complexity index is 912. The van der Waals surface area contributed by atoms with Crippen molar-refractivity contribution in [3.63, 3.8) is 0 Å². The van der Waals surface area contributed by atoms with Gasteiger partial charge in [-0.1, -0.05) is 12.1 Å². The molecule has 2 aromatic carbocycles. The summed E-state index contributed by atoms with van der Waals surface area (Å²) in [5, 5.41) is 2.63. The van der Waals surface area contributed by atoms with Crippen LogP contribution >= 0.6 is 0 Å². The lowest BCUT2D eigenvalue weighted by Crippen LogP contribution is -2.37. The third-order valence-electron chi connectivity index (χ3n) is 4.14. The van der Waals surface area contributed by atoms with E-state index in [9.17, 15) is 17.6 Å². The molecule has 0 spiro atoms. The molecule has 2 rings (SSSR count). The molecular formula is C19H23FN2O4S. The fraction of sp³-hybridized carbons (Fsp3) is 0.316. The standard InChI is InChI=1S/C19H23FN2O4S/c1-13-10-17(26-3)18(11-14(13)2)27(24,25)22-12-19(23)21-9-8-15-4-6-16(20)7-5-15/h4-7,10-11,22H,8-9,12H2,1-3H3,(H,21,23). The number of rotatable bonds is 8. The van der Waals surface area contributed by atoms with Crippen LogP contribution in [0.2, 0.25) is 0 Å². The number of hydrogen-bond acceptors (Lipinski definition) is 4. The van der Waals surface area contributed by atoms with E-state index < -0.39 is 15.9 Å². The van der Waals surface area contributed by atoms with Crippen molar-refractivity contribution >= 4 is 15.9 Å². The monoisotopic (exact) mass is 394 g/mol. The van der Waals surface area contributed by atoms with E-state index in [1.165, 1.54) is 25.3 Å². The molecule has 27 heavy (non-hydrogen) atoms. The Morgan fingerprint density at radius 2 is 1.74 bits per heavy atom. The van der Waals surface area contributed by atoms with E-state index >= 15 is 0 Å². The number of carbonyl (C=O) groups is 1. The second-order valence-electron chi connectivity index (χ2n) is 6.14. The summed E-state index contributed by atoms with van der Waals surface area (Å²) in [7, 11) is -2.50. The quantitative estimate of drug-likeness (QED) is 0.718. The number of aryl methyl sites for hydroxylation is 2. The number of amides is 1. The summed E-state index contributed by atoms with van der Waals surface area (Å²) >= 11 is 0. The SMILES string of the molecule is COc1cc(C)c(C)cc1S(=O)(=O)NCC(=O)NCCc1ccc(F)cc1. The Hall–Kier alpha value is -2.45. The average molecular weight is 394 g/mol. The number of halogens is 1. The van der Waals surface area contributed by atoms with E-state index in [1.54, 1.807) is 25.1 Å². The van der Waals surface area contributed by atoms with E-state index in [4.69, 9.17) is 4.74 Å². The van der Waals surface area contributed by atoms with Crippen molar-refractivity contribution < 1.29 is 22.3 Å². The second-order valence-corrected chi connectivity index (χ2v) is 7.87. The van der Waals surface area contributed by atoms with Crippen LogP contribution in [-0.4, -0.2) is 34.5 Å². The number of methoxy groups -OCH3 is 1. The molecule has 0 fully saturated rings. The highest BCUT2D eigenvalue weighted by molar-refractivity contribution is 7.89. The van der Waals surface area contributed by atoms with Gasteiger partial charge in [-0.2, -0.15) is 0 Å². The summed E-state index contributed by atoms with van der Waals surface area (Å²) in [5.41, 5.74) is 2.58. The van der Waals surface area contributed by atoms with Gasteiger partial charge >= 0.3 is 0 Å². The van der Waals surface area contributed by atoms with Crippen LogP contribution in [0.5, 0.6) is 5.75 Å². The molecule has 0 aliphatic heterocycles. The predicted octanol–water partition coefficient (Wildman–Crippen LogP) is 2.09. The van der Waals surface area contributed by atoms with Gasteiger partial charge in [0.2, 0.25) is 15.9 Å². The molecule has 8 heteroatoms. The Balaban J connectivity index is 1.92. The van der Waals surface area contributed by atoms with Crippen molar-refractivity contribution in [2.24, 2.45) is 0 Å². The molecule has 0 aliphatic rings. The first kappa shape index (κ1) is 20.9. The molecule has 0 radical (unpaired) electrons. The van der Waals surface area contributed by atoms with Gasteiger partial charge < -0.3 is 10.1 Å². The van der Waals surface area contributed by atoms with Crippen LogP contribution in [0.25, 0.3) is 0 Å². The molecule has 0 atom stereocenters. The zero-order chi connectivity index (χ0) is 20.0. The fourth-order valence-electron chi connectivity index (χ4n) is 2.43.